The van der Waals surface area contributed by atoms with Gasteiger partial charge in [0.2, 0.25) is 0 Å². The molecule has 2 nitrogen and oxygen atoms in total. The first kappa shape index (κ1) is 11.0. The molecule has 0 aromatic heterocycles. The van der Waals surface area contributed by atoms with E-state index in [2.05, 4.69) is 4.90 Å². The van der Waals surface area contributed by atoms with Gasteiger partial charge in [0.25, 0.3) is 0 Å². The summed E-state index contributed by atoms with van der Waals surface area (Å²) in [6, 6.07) is 1.48. The fourth-order valence-corrected chi connectivity index (χ4v) is 3.15. The lowest BCUT2D eigenvalue weighted by Gasteiger charge is -2.31. The monoisotopic (exact) mass is 222 g/mol. The molecule has 0 unspecified atom stereocenters. The molecule has 0 amide bonds. The summed E-state index contributed by atoms with van der Waals surface area (Å²) in [7, 11) is 0. The molecule has 0 radical (unpaired) electrons. The molecule has 0 bridgehead atoms. The lowest BCUT2D eigenvalue weighted by molar-refractivity contribution is 0.181. The number of rotatable bonds is 5. The van der Waals surface area contributed by atoms with Crippen molar-refractivity contribution < 1.29 is 0 Å². The van der Waals surface area contributed by atoms with E-state index >= 15 is 0 Å². The lowest BCUT2D eigenvalue weighted by atomic mass is 9.86. The van der Waals surface area contributed by atoms with E-state index in [-0.39, 0.29) is 0 Å². The van der Waals surface area contributed by atoms with Crippen molar-refractivity contribution in [3.63, 3.8) is 0 Å². The summed E-state index contributed by atoms with van der Waals surface area (Å²) in [5, 5.41) is 0. The standard InChI is InChI=1S/C14H26N2/c15-13-5-3-12(4-6-13)10-16(14-7-8-14)9-11-1-2-11/h11-14H,1-10,15H2. The van der Waals surface area contributed by atoms with Gasteiger partial charge in [-0.3, -0.25) is 4.90 Å². The highest BCUT2D eigenvalue weighted by Gasteiger charge is 2.35. The third kappa shape index (κ3) is 2.98. The topological polar surface area (TPSA) is 29.3 Å². The highest BCUT2D eigenvalue weighted by molar-refractivity contribution is 4.90. The fourth-order valence-electron chi connectivity index (χ4n) is 3.15. The third-order valence-electron chi connectivity index (χ3n) is 4.64. The minimum atomic E-state index is 0.508. The van der Waals surface area contributed by atoms with Gasteiger partial charge in [-0.05, 0) is 63.2 Å². The zero-order valence-electron chi connectivity index (χ0n) is 10.4. The Bertz CT molecular complexity index is 225. The average Bonchev–Trinajstić information content (AvgIpc) is 3.14. The van der Waals surface area contributed by atoms with Crippen LogP contribution in [0.4, 0.5) is 0 Å². The maximum absolute atomic E-state index is 5.98. The first-order valence-electron chi connectivity index (χ1n) is 7.31. The van der Waals surface area contributed by atoms with E-state index in [0.29, 0.717) is 6.04 Å². The van der Waals surface area contributed by atoms with Crippen molar-refractivity contribution in [2.75, 3.05) is 13.1 Å². The highest BCUT2D eigenvalue weighted by atomic mass is 15.2. The second kappa shape index (κ2) is 4.66. The summed E-state index contributed by atoms with van der Waals surface area (Å²) < 4.78 is 0. The van der Waals surface area contributed by atoms with Crippen LogP contribution in [0.25, 0.3) is 0 Å². The van der Waals surface area contributed by atoms with E-state index in [1.165, 1.54) is 64.5 Å². The molecule has 16 heavy (non-hydrogen) atoms. The van der Waals surface area contributed by atoms with E-state index in [1.807, 2.05) is 0 Å². The number of nitrogens with zero attached hydrogens (tertiary/aromatic N) is 1. The smallest absolute Gasteiger partial charge is 0.00966 e. The van der Waals surface area contributed by atoms with Gasteiger partial charge in [0.1, 0.15) is 0 Å². The van der Waals surface area contributed by atoms with Crippen molar-refractivity contribution in [3.8, 4) is 0 Å². The molecule has 3 aliphatic rings. The van der Waals surface area contributed by atoms with E-state index in [4.69, 9.17) is 5.73 Å². The average molecular weight is 222 g/mol. The Morgan fingerprint density at radius 2 is 1.25 bits per heavy atom. The van der Waals surface area contributed by atoms with Gasteiger partial charge < -0.3 is 5.73 Å². The zero-order valence-corrected chi connectivity index (χ0v) is 10.4. The molecule has 0 aliphatic heterocycles. The molecule has 92 valence electrons. The Labute approximate surface area is 99.6 Å². The third-order valence-corrected chi connectivity index (χ3v) is 4.64. The van der Waals surface area contributed by atoms with E-state index in [0.717, 1.165) is 17.9 Å². The Balaban J connectivity index is 1.46. The van der Waals surface area contributed by atoms with Crippen molar-refractivity contribution in [3.05, 3.63) is 0 Å². The Kier molecular flexibility index (Phi) is 3.21. The van der Waals surface area contributed by atoms with E-state index < -0.39 is 0 Å². The Hall–Kier alpha value is -0.0800. The van der Waals surface area contributed by atoms with Crippen LogP contribution in [0.5, 0.6) is 0 Å². The fraction of sp³-hybridized carbons (Fsp3) is 1.00. The molecule has 2 heteroatoms. The second-order valence-electron chi connectivity index (χ2n) is 6.41. The van der Waals surface area contributed by atoms with Crippen molar-refractivity contribution >= 4 is 0 Å². The van der Waals surface area contributed by atoms with Crippen LogP contribution < -0.4 is 5.73 Å². The first-order valence-corrected chi connectivity index (χ1v) is 7.31. The van der Waals surface area contributed by atoms with Gasteiger partial charge in [-0.15, -0.1) is 0 Å². The van der Waals surface area contributed by atoms with Gasteiger partial charge in [0.05, 0.1) is 0 Å². The molecular weight excluding hydrogens is 196 g/mol. The summed E-state index contributed by atoms with van der Waals surface area (Å²) in [6.45, 7) is 2.79. The van der Waals surface area contributed by atoms with Gasteiger partial charge in [0, 0.05) is 25.2 Å². The molecular formula is C14H26N2. The van der Waals surface area contributed by atoms with Crippen LogP contribution in [0.1, 0.15) is 51.4 Å². The van der Waals surface area contributed by atoms with Gasteiger partial charge in [-0.25, -0.2) is 0 Å². The van der Waals surface area contributed by atoms with Crippen LogP contribution in [0.15, 0.2) is 0 Å². The molecule has 0 atom stereocenters. The van der Waals surface area contributed by atoms with Crippen LogP contribution in [0, 0.1) is 11.8 Å². The first-order chi connectivity index (χ1) is 7.81. The second-order valence-corrected chi connectivity index (χ2v) is 6.41. The summed E-state index contributed by atoms with van der Waals surface area (Å²) >= 11 is 0. The molecule has 3 aliphatic carbocycles. The predicted octanol–water partition coefficient (Wildman–Crippen LogP) is 2.38. The molecule has 3 saturated carbocycles. The number of hydrogen-bond donors (Lipinski definition) is 1. The molecule has 2 N–H and O–H groups in total. The van der Waals surface area contributed by atoms with Crippen LogP contribution in [0.3, 0.4) is 0 Å². The molecule has 0 spiro atoms. The molecule has 0 aromatic carbocycles. The van der Waals surface area contributed by atoms with Crippen molar-refractivity contribution in [2.45, 2.75) is 63.5 Å². The summed E-state index contributed by atoms with van der Waals surface area (Å²) in [5.74, 6) is 2.02. The Morgan fingerprint density at radius 3 is 1.69 bits per heavy atom. The highest BCUT2D eigenvalue weighted by Crippen LogP contribution is 2.36. The molecule has 3 fully saturated rings. The summed E-state index contributed by atoms with van der Waals surface area (Å²) in [6.07, 6.45) is 11.2. The van der Waals surface area contributed by atoms with Crippen molar-refractivity contribution in [1.82, 2.24) is 4.90 Å². The summed E-state index contributed by atoms with van der Waals surface area (Å²) in [4.78, 5) is 2.82. The van der Waals surface area contributed by atoms with Crippen LogP contribution >= 0.6 is 0 Å². The minimum Gasteiger partial charge on any atom is -0.328 e. The predicted molar refractivity (Wildman–Crippen MR) is 67.3 cm³/mol. The lowest BCUT2D eigenvalue weighted by Crippen LogP contribution is -2.36. The molecule has 0 aromatic rings. The number of nitrogens with two attached hydrogens (primary N) is 1. The van der Waals surface area contributed by atoms with Crippen LogP contribution in [0.2, 0.25) is 0 Å². The maximum atomic E-state index is 5.98. The Morgan fingerprint density at radius 1 is 0.750 bits per heavy atom. The molecule has 0 heterocycles. The van der Waals surface area contributed by atoms with E-state index in [1.54, 1.807) is 0 Å². The van der Waals surface area contributed by atoms with E-state index in [9.17, 15) is 0 Å². The number of hydrogen-bond acceptors (Lipinski definition) is 2. The minimum absolute atomic E-state index is 0.508. The molecule has 3 rings (SSSR count). The zero-order chi connectivity index (χ0) is 11.0. The van der Waals surface area contributed by atoms with Crippen molar-refractivity contribution in [1.29, 1.82) is 0 Å². The van der Waals surface area contributed by atoms with Gasteiger partial charge in [-0.2, -0.15) is 0 Å². The quantitative estimate of drug-likeness (QED) is 0.774. The van der Waals surface area contributed by atoms with Gasteiger partial charge >= 0.3 is 0 Å². The maximum Gasteiger partial charge on any atom is 0.00966 e. The van der Waals surface area contributed by atoms with Gasteiger partial charge in [0.15, 0.2) is 0 Å². The molecule has 0 saturated heterocycles. The van der Waals surface area contributed by atoms with Crippen LogP contribution in [-0.4, -0.2) is 30.1 Å². The SMILES string of the molecule is NC1CCC(CN(CC2CC2)C2CC2)CC1. The van der Waals surface area contributed by atoms with Gasteiger partial charge in [-0.1, -0.05) is 0 Å². The van der Waals surface area contributed by atoms with Crippen LogP contribution in [-0.2, 0) is 0 Å². The summed E-state index contributed by atoms with van der Waals surface area (Å²) in [5.41, 5.74) is 5.98. The normalized spacial score (nSPS) is 35.6. The largest absolute Gasteiger partial charge is 0.328 e. The van der Waals surface area contributed by atoms with Crippen molar-refractivity contribution in [2.24, 2.45) is 17.6 Å².